The molecule has 2 aromatic rings. The van der Waals surface area contributed by atoms with Crippen LogP contribution < -0.4 is 0 Å². The SMILES string of the molecule is COC(c1cc(C(F)(F)F)cc(C(F)(F)F)c1)C(C#N)C(O)c1cc(C)cc(C(F)(F)F)c1. The zero-order valence-electron chi connectivity index (χ0n) is 16.9. The highest BCUT2D eigenvalue weighted by atomic mass is 19.4. The smallest absolute Gasteiger partial charge is 0.387 e. The van der Waals surface area contributed by atoms with Crippen molar-refractivity contribution in [1.29, 1.82) is 5.26 Å². The molecule has 3 nitrogen and oxygen atoms in total. The van der Waals surface area contributed by atoms with E-state index >= 15 is 0 Å². The minimum absolute atomic E-state index is 0.0583. The fraction of sp³-hybridized carbons (Fsp3) is 0.381. The summed E-state index contributed by atoms with van der Waals surface area (Å²) >= 11 is 0. The first-order valence-corrected chi connectivity index (χ1v) is 9.07. The molecule has 0 aliphatic carbocycles. The van der Waals surface area contributed by atoms with Crippen molar-refractivity contribution in [2.75, 3.05) is 7.11 Å². The highest BCUT2D eigenvalue weighted by molar-refractivity contribution is 5.37. The number of hydrogen-bond donors (Lipinski definition) is 1. The Bertz CT molecular complexity index is 1000. The molecule has 0 amide bonds. The van der Waals surface area contributed by atoms with Crippen LogP contribution in [0.15, 0.2) is 36.4 Å². The predicted octanol–water partition coefficient (Wildman–Crippen LogP) is 6.61. The lowest BCUT2D eigenvalue weighted by atomic mass is 9.86. The molecule has 2 aromatic carbocycles. The molecule has 1 N–H and O–H groups in total. The topological polar surface area (TPSA) is 53.2 Å². The molecule has 0 aromatic heterocycles. The molecular weight excluding hydrogens is 469 g/mol. The summed E-state index contributed by atoms with van der Waals surface area (Å²) in [5.41, 5.74) is -5.57. The van der Waals surface area contributed by atoms with Crippen LogP contribution >= 0.6 is 0 Å². The van der Waals surface area contributed by atoms with E-state index in [2.05, 4.69) is 0 Å². The van der Waals surface area contributed by atoms with Gasteiger partial charge < -0.3 is 9.84 Å². The fourth-order valence-corrected chi connectivity index (χ4v) is 3.29. The van der Waals surface area contributed by atoms with E-state index in [1.807, 2.05) is 0 Å². The summed E-state index contributed by atoms with van der Waals surface area (Å²) in [6, 6.07) is 4.50. The number of aliphatic hydroxyl groups excluding tert-OH is 1. The number of alkyl halides is 9. The van der Waals surface area contributed by atoms with Gasteiger partial charge in [-0.1, -0.05) is 11.6 Å². The molecule has 180 valence electrons. The minimum Gasteiger partial charge on any atom is -0.387 e. The molecule has 2 rings (SSSR count). The summed E-state index contributed by atoms with van der Waals surface area (Å²) in [4.78, 5) is 0. The van der Waals surface area contributed by atoms with E-state index in [9.17, 15) is 49.9 Å². The first-order chi connectivity index (χ1) is 15.0. The van der Waals surface area contributed by atoms with Gasteiger partial charge in [-0.3, -0.25) is 0 Å². The number of nitrogens with zero attached hydrogens (tertiary/aromatic N) is 1. The summed E-state index contributed by atoms with van der Waals surface area (Å²) in [5.74, 6) is -1.84. The lowest BCUT2D eigenvalue weighted by Gasteiger charge is -2.27. The van der Waals surface area contributed by atoms with Gasteiger partial charge in [0.05, 0.1) is 28.9 Å². The van der Waals surface area contributed by atoms with Crippen molar-refractivity contribution < 1.29 is 49.4 Å². The van der Waals surface area contributed by atoms with Crippen LogP contribution in [-0.2, 0) is 23.3 Å². The number of halogens is 9. The van der Waals surface area contributed by atoms with Crippen molar-refractivity contribution in [2.24, 2.45) is 5.92 Å². The van der Waals surface area contributed by atoms with Gasteiger partial charge in [-0.15, -0.1) is 0 Å². The van der Waals surface area contributed by atoms with Gasteiger partial charge >= 0.3 is 18.5 Å². The zero-order valence-corrected chi connectivity index (χ0v) is 16.9. The van der Waals surface area contributed by atoms with Gasteiger partial charge in [-0.2, -0.15) is 44.8 Å². The van der Waals surface area contributed by atoms with Gasteiger partial charge in [0, 0.05) is 7.11 Å². The maximum absolute atomic E-state index is 13.2. The molecule has 33 heavy (non-hydrogen) atoms. The normalized spacial score (nSPS) is 15.6. The minimum atomic E-state index is -5.17. The van der Waals surface area contributed by atoms with Gasteiger partial charge in [-0.05, 0) is 48.4 Å². The van der Waals surface area contributed by atoms with Crippen LogP contribution in [-0.4, -0.2) is 12.2 Å². The average molecular weight is 485 g/mol. The van der Waals surface area contributed by atoms with E-state index in [0.29, 0.717) is 18.2 Å². The Morgan fingerprint density at radius 2 is 1.18 bits per heavy atom. The molecule has 12 heteroatoms. The monoisotopic (exact) mass is 485 g/mol. The van der Waals surface area contributed by atoms with Crippen molar-refractivity contribution in [1.82, 2.24) is 0 Å². The molecule has 0 saturated heterocycles. The van der Waals surface area contributed by atoms with Crippen molar-refractivity contribution in [3.8, 4) is 6.07 Å². The number of aliphatic hydroxyl groups is 1. The van der Waals surface area contributed by atoms with Gasteiger partial charge in [0.2, 0.25) is 0 Å². The second kappa shape index (κ2) is 9.23. The second-order valence-electron chi connectivity index (χ2n) is 7.23. The van der Waals surface area contributed by atoms with Gasteiger partial charge in [-0.25, -0.2) is 0 Å². The maximum atomic E-state index is 13.2. The molecule has 3 unspecified atom stereocenters. The van der Waals surface area contributed by atoms with Crippen LogP contribution in [0, 0.1) is 24.2 Å². The molecule has 3 atom stereocenters. The number of aryl methyl sites for hydroxylation is 1. The molecule has 0 bridgehead atoms. The predicted molar refractivity (Wildman–Crippen MR) is 96.4 cm³/mol. The third-order valence-electron chi connectivity index (χ3n) is 4.78. The quantitative estimate of drug-likeness (QED) is 0.485. The van der Waals surface area contributed by atoms with E-state index in [0.717, 1.165) is 19.2 Å². The van der Waals surface area contributed by atoms with E-state index in [1.54, 1.807) is 0 Å². The highest BCUT2D eigenvalue weighted by Gasteiger charge is 2.40. The average Bonchev–Trinajstić information content (AvgIpc) is 2.68. The van der Waals surface area contributed by atoms with Crippen LogP contribution in [0.1, 0.15) is 45.6 Å². The number of hydrogen-bond acceptors (Lipinski definition) is 3. The van der Waals surface area contributed by atoms with E-state index in [1.165, 1.54) is 13.0 Å². The van der Waals surface area contributed by atoms with Crippen LogP contribution in [0.3, 0.4) is 0 Å². The molecule has 0 saturated carbocycles. The van der Waals surface area contributed by atoms with Crippen molar-refractivity contribution in [2.45, 2.75) is 37.7 Å². The highest BCUT2D eigenvalue weighted by Crippen LogP contribution is 2.42. The Kier molecular flexibility index (Phi) is 7.40. The van der Waals surface area contributed by atoms with E-state index in [4.69, 9.17) is 4.74 Å². The Labute approximate surface area is 182 Å². The Hall–Kier alpha value is -2.78. The van der Waals surface area contributed by atoms with Gasteiger partial charge in [0.25, 0.3) is 0 Å². The largest absolute Gasteiger partial charge is 0.416 e. The number of benzene rings is 2. The molecule has 0 fully saturated rings. The van der Waals surface area contributed by atoms with Crippen LogP contribution in [0.25, 0.3) is 0 Å². The Morgan fingerprint density at radius 3 is 1.58 bits per heavy atom. The molecule has 0 heterocycles. The number of methoxy groups -OCH3 is 1. The third kappa shape index (κ3) is 6.17. The summed E-state index contributed by atoms with van der Waals surface area (Å²) in [5, 5.41) is 20.1. The number of ether oxygens (including phenoxy) is 1. The fourth-order valence-electron chi connectivity index (χ4n) is 3.29. The Morgan fingerprint density at radius 1 is 0.758 bits per heavy atom. The number of rotatable bonds is 5. The third-order valence-corrected chi connectivity index (χ3v) is 4.78. The summed E-state index contributed by atoms with van der Waals surface area (Å²) in [6.07, 6.45) is -19.0. The lowest BCUT2D eigenvalue weighted by Crippen LogP contribution is -2.23. The standard InChI is InChI=1S/C21H16F9NO2/c1-10-3-11(5-13(4-10)19(22,23)24)17(32)16(9-31)18(33-2)12-6-14(20(25,26)27)8-15(7-12)21(28,29)30/h3-8,16-18,32H,1-2H3. The zero-order chi connectivity index (χ0) is 25.4. The van der Waals surface area contributed by atoms with Gasteiger partial charge in [0.1, 0.15) is 12.0 Å². The molecule has 0 aliphatic heterocycles. The molecule has 0 aliphatic rings. The summed E-state index contributed by atoms with van der Waals surface area (Å²) in [6.45, 7) is 1.28. The second-order valence-corrected chi connectivity index (χ2v) is 7.23. The first-order valence-electron chi connectivity index (χ1n) is 9.07. The first kappa shape index (κ1) is 26.5. The van der Waals surface area contributed by atoms with Crippen molar-refractivity contribution in [3.05, 3.63) is 69.8 Å². The summed E-state index contributed by atoms with van der Waals surface area (Å²) in [7, 11) is 0.882. The van der Waals surface area contributed by atoms with Gasteiger partial charge in [0.15, 0.2) is 0 Å². The van der Waals surface area contributed by atoms with Crippen LogP contribution in [0.4, 0.5) is 39.5 Å². The maximum Gasteiger partial charge on any atom is 0.416 e. The van der Waals surface area contributed by atoms with E-state index < -0.39 is 64.5 Å². The molecule has 0 spiro atoms. The van der Waals surface area contributed by atoms with E-state index in [-0.39, 0.29) is 11.6 Å². The van der Waals surface area contributed by atoms with Crippen LogP contribution in [0.2, 0.25) is 0 Å². The summed E-state index contributed by atoms with van der Waals surface area (Å²) < 4.78 is 123. The molecular formula is C21H16F9NO2. The lowest BCUT2D eigenvalue weighted by molar-refractivity contribution is -0.143. The van der Waals surface area contributed by atoms with Crippen molar-refractivity contribution >= 4 is 0 Å². The molecule has 0 radical (unpaired) electrons. The Balaban J connectivity index is 2.62. The van der Waals surface area contributed by atoms with Crippen LogP contribution in [0.5, 0.6) is 0 Å². The number of nitriles is 1. The van der Waals surface area contributed by atoms with Crippen molar-refractivity contribution in [3.63, 3.8) is 0 Å².